The van der Waals surface area contributed by atoms with Gasteiger partial charge in [0.05, 0.1) is 18.3 Å². The first-order valence-electron chi connectivity index (χ1n) is 9.64. The predicted molar refractivity (Wildman–Crippen MR) is 97.6 cm³/mol. The molecule has 1 saturated heterocycles. The van der Waals surface area contributed by atoms with E-state index in [-0.39, 0.29) is 28.7 Å². The van der Waals surface area contributed by atoms with Crippen molar-refractivity contribution in [3.8, 4) is 17.2 Å². The zero-order chi connectivity index (χ0) is 19.1. The van der Waals surface area contributed by atoms with Crippen LogP contribution in [0.15, 0.2) is 0 Å². The highest BCUT2D eigenvalue weighted by Gasteiger charge is 2.65. The van der Waals surface area contributed by atoms with E-state index in [4.69, 9.17) is 9.47 Å². The number of ether oxygens (including phenoxy) is 2. The van der Waals surface area contributed by atoms with Crippen LogP contribution < -0.4 is 4.74 Å². The van der Waals surface area contributed by atoms with E-state index < -0.39 is 11.4 Å². The summed E-state index contributed by atoms with van der Waals surface area (Å²) in [5.74, 6) is -1.11. The molecular weight excluding hydrogens is 332 g/mol. The van der Waals surface area contributed by atoms with Crippen molar-refractivity contribution in [1.29, 1.82) is 0 Å². The Morgan fingerprint density at radius 1 is 1.15 bits per heavy atom. The van der Waals surface area contributed by atoms with Crippen LogP contribution in [0.4, 0.5) is 0 Å². The van der Waals surface area contributed by atoms with Crippen LogP contribution in [0.1, 0.15) is 76.0 Å². The first-order valence-corrected chi connectivity index (χ1v) is 9.64. The fourth-order valence-corrected chi connectivity index (χ4v) is 5.95. The number of benzene rings is 1. The van der Waals surface area contributed by atoms with Crippen LogP contribution in [0.25, 0.3) is 0 Å². The maximum atomic E-state index is 11.5. The molecule has 1 saturated carbocycles. The minimum atomic E-state index is -1.56. The minimum absolute atomic E-state index is 0.00143. The van der Waals surface area contributed by atoms with Crippen LogP contribution in [-0.4, -0.2) is 28.0 Å². The summed E-state index contributed by atoms with van der Waals surface area (Å²) in [6, 6.07) is 0. The van der Waals surface area contributed by atoms with Gasteiger partial charge in [0.2, 0.25) is 0 Å². The van der Waals surface area contributed by atoms with Gasteiger partial charge in [0.15, 0.2) is 17.3 Å². The number of aromatic hydroxyl groups is 2. The largest absolute Gasteiger partial charge is 0.507 e. The summed E-state index contributed by atoms with van der Waals surface area (Å²) in [5.41, 5.74) is 0.998. The van der Waals surface area contributed by atoms with Gasteiger partial charge < -0.3 is 24.8 Å². The highest BCUT2D eigenvalue weighted by Crippen LogP contribution is 2.66. The summed E-state index contributed by atoms with van der Waals surface area (Å²) in [6.07, 6.45) is 3.92. The molecule has 2 fully saturated rings. The lowest BCUT2D eigenvalue weighted by atomic mass is 9.60. The van der Waals surface area contributed by atoms with E-state index in [9.17, 15) is 15.3 Å². The Bertz CT molecular complexity index is 768. The molecular formula is C21H30O5. The molecule has 2 aliphatic heterocycles. The van der Waals surface area contributed by atoms with E-state index in [0.29, 0.717) is 35.3 Å². The molecule has 3 aliphatic rings. The normalized spacial score (nSPS) is 34.5. The van der Waals surface area contributed by atoms with E-state index in [1.165, 1.54) is 7.11 Å². The molecule has 2 heterocycles. The van der Waals surface area contributed by atoms with Crippen LogP contribution in [0, 0.1) is 11.3 Å². The smallest absolute Gasteiger partial charge is 0.197 e. The second-order valence-electron chi connectivity index (χ2n) is 9.38. The number of hydrogen-bond acceptors (Lipinski definition) is 5. The monoisotopic (exact) mass is 362 g/mol. The number of rotatable bonds is 2. The summed E-state index contributed by atoms with van der Waals surface area (Å²) in [4.78, 5) is 0. The number of aliphatic hydroxyl groups is 1. The summed E-state index contributed by atoms with van der Waals surface area (Å²) >= 11 is 0. The lowest BCUT2D eigenvalue weighted by Gasteiger charge is -2.49. The Kier molecular flexibility index (Phi) is 3.65. The Hall–Kier alpha value is -1.46. The number of phenols is 2. The molecule has 26 heavy (non-hydrogen) atoms. The Morgan fingerprint density at radius 2 is 1.85 bits per heavy atom. The summed E-state index contributed by atoms with van der Waals surface area (Å²) < 4.78 is 11.8. The van der Waals surface area contributed by atoms with Crippen molar-refractivity contribution < 1.29 is 24.8 Å². The fourth-order valence-electron chi connectivity index (χ4n) is 5.95. The Balaban J connectivity index is 1.98. The predicted octanol–water partition coefficient (Wildman–Crippen LogP) is 3.92. The molecule has 5 nitrogen and oxygen atoms in total. The molecule has 5 heteroatoms. The molecule has 1 aliphatic carbocycles. The molecule has 0 amide bonds. The first kappa shape index (κ1) is 17.9. The van der Waals surface area contributed by atoms with Crippen molar-refractivity contribution in [3.05, 3.63) is 16.7 Å². The van der Waals surface area contributed by atoms with E-state index in [0.717, 1.165) is 19.3 Å². The van der Waals surface area contributed by atoms with Crippen LogP contribution in [0.3, 0.4) is 0 Å². The van der Waals surface area contributed by atoms with E-state index in [2.05, 4.69) is 13.8 Å². The molecule has 144 valence electrons. The first-order chi connectivity index (χ1) is 12.1. The second kappa shape index (κ2) is 5.29. The van der Waals surface area contributed by atoms with E-state index in [1.807, 2.05) is 13.8 Å². The summed E-state index contributed by atoms with van der Waals surface area (Å²) in [7, 11) is 1.50. The molecule has 4 rings (SSSR count). The van der Waals surface area contributed by atoms with Gasteiger partial charge in [-0.25, -0.2) is 0 Å². The standard InChI is InChI=1S/C21H30O5/c1-11(2)14-17(23)15-12(16(22)18(14)25-5)9-20-8-6-7-19(3,4)13(20)10-21(15,24)26-20/h11,13,22-24H,6-10H2,1-5H3/t13-,20-,21-/m0/s1. The number of fused-ring (bicyclic) bond motifs is 3. The maximum absolute atomic E-state index is 11.5. The third kappa shape index (κ3) is 2.10. The zero-order valence-electron chi connectivity index (χ0n) is 16.3. The van der Waals surface area contributed by atoms with Gasteiger partial charge in [-0.05, 0) is 30.1 Å². The molecule has 1 aromatic carbocycles. The average molecular weight is 362 g/mol. The van der Waals surface area contributed by atoms with Crippen LogP contribution in [0.2, 0.25) is 0 Å². The third-order valence-corrected chi connectivity index (χ3v) is 7.04. The van der Waals surface area contributed by atoms with Crippen molar-refractivity contribution in [1.82, 2.24) is 0 Å². The number of hydrogen-bond donors (Lipinski definition) is 3. The SMILES string of the molecule is COc1c(O)c2c(c(O)c1C(C)C)[C@]1(O)C[C@H]3C(C)(C)CCC[C@@]3(C2)O1. The second-order valence-corrected chi connectivity index (χ2v) is 9.38. The van der Waals surface area contributed by atoms with Crippen molar-refractivity contribution in [2.45, 2.75) is 77.1 Å². The van der Waals surface area contributed by atoms with Gasteiger partial charge in [-0.1, -0.05) is 34.1 Å². The quantitative estimate of drug-likeness (QED) is 0.695. The van der Waals surface area contributed by atoms with E-state index >= 15 is 0 Å². The van der Waals surface area contributed by atoms with Gasteiger partial charge in [-0.15, -0.1) is 0 Å². The average Bonchev–Trinajstić information content (AvgIpc) is 2.78. The summed E-state index contributed by atoms with van der Waals surface area (Å²) in [5, 5.41) is 33.5. The minimum Gasteiger partial charge on any atom is -0.507 e. The van der Waals surface area contributed by atoms with Gasteiger partial charge in [0.25, 0.3) is 0 Å². The summed E-state index contributed by atoms with van der Waals surface area (Å²) in [6.45, 7) is 8.32. The third-order valence-electron chi connectivity index (χ3n) is 7.04. The molecule has 3 N–H and O–H groups in total. The number of methoxy groups -OCH3 is 1. The molecule has 2 bridgehead atoms. The van der Waals surface area contributed by atoms with Crippen LogP contribution >= 0.6 is 0 Å². The number of phenolic OH excluding ortho intramolecular Hbond substituents is 2. The lowest BCUT2D eigenvalue weighted by Crippen LogP contribution is -2.50. The molecule has 3 atom stereocenters. The van der Waals surface area contributed by atoms with Crippen molar-refractivity contribution in [2.75, 3.05) is 7.11 Å². The van der Waals surface area contributed by atoms with Gasteiger partial charge >= 0.3 is 0 Å². The van der Waals surface area contributed by atoms with E-state index in [1.54, 1.807) is 0 Å². The Morgan fingerprint density at radius 3 is 2.46 bits per heavy atom. The topological polar surface area (TPSA) is 79.2 Å². The van der Waals surface area contributed by atoms with Crippen molar-refractivity contribution in [3.63, 3.8) is 0 Å². The lowest BCUT2D eigenvalue weighted by molar-refractivity contribution is -0.250. The maximum Gasteiger partial charge on any atom is 0.197 e. The zero-order valence-corrected chi connectivity index (χ0v) is 16.3. The molecule has 0 aromatic heterocycles. The molecule has 1 spiro atoms. The van der Waals surface area contributed by atoms with Gasteiger partial charge in [-0.3, -0.25) is 0 Å². The molecule has 0 unspecified atom stereocenters. The van der Waals surface area contributed by atoms with Crippen molar-refractivity contribution >= 4 is 0 Å². The van der Waals surface area contributed by atoms with Crippen LogP contribution in [-0.2, 0) is 16.9 Å². The molecule has 1 aromatic rings. The van der Waals surface area contributed by atoms with Crippen LogP contribution in [0.5, 0.6) is 17.2 Å². The highest BCUT2D eigenvalue weighted by atomic mass is 16.6. The van der Waals surface area contributed by atoms with Gasteiger partial charge in [-0.2, -0.15) is 0 Å². The van der Waals surface area contributed by atoms with Crippen molar-refractivity contribution in [2.24, 2.45) is 11.3 Å². The van der Waals surface area contributed by atoms with Gasteiger partial charge in [0, 0.05) is 24.0 Å². The highest BCUT2D eigenvalue weighted by molar-refractivity contribution is 5.65. The van der Waals surface area contributed by atoms with Gasteiger partial charge in [0.1, 0.15) is 5.75 Å². The fraction of sp³-hybridized carbons (Fsp3) is 0.714. The molecule has 0 radical (unpaired) electrons. The Labute approximate surface area is 154 Å².